The third-order valence-electron chi connectivity index (χ3n) is 8.06. The van der Waals surface area contributed by atoms with Crippen molar-refractivity contribution in [2.45, 2.75) is 93.6 Å². The van der Waals surface area contributed by atoms with E-state index in [4.69, 9.17) is 28.4 Å². The molecule has 0 aromatic heterocycles. The molecule has 0 saturated carbocycles. The Balaban J connectivity index is 1.46. The number of phenolic OH excluding ortho intramolecular Hbond substituents is 1. The van der Waals surface area contributed by atoms with Gasteiger partial charge in [0.25, 0.3) is 0 Å². The van der Waals surface area contributed by atoms with Gasteiger partial charge in [0.2, 0.25) is 12.4 Å². The lowest BCUT2D eigenvalue weighted by Gasteiger charge is -2.43. The van der Waals surface area contributed by atoms with Crippen molar-refractivity contribution >= 4 is 18.0 Å². The Morgan fingerprint density at radius 2 is 1.32 bits per heavy atom. The predicted molar refractivity (Wildman–Crippen MR) is 167 cm³/mol. The summed E-state index contributed by atoms with van der Waals surface area (Å²) in [5.41, 5.74) is -0.866. The quantitative estimate of drug-likeness (QED) is 0.0791. The van der Waals surface area contributed by atoms with Gasteiger partial charge in [-0.3, -0.25) is 0 Å². The van der Waals surface area contributed by atoms with Crippen LogP contribution in [-0.4, -0.2) is 144 Å². The molecule has 2 aromatic carbocycles. The van der Waals surface area contributed by atoms with Crippen LogP contribution >= 0.6 is 0 Å². The first kappa shape index (κ1) is 39.1. The van der Waals surface area contributed by atoms with E-state index in [1.807, 2.05) is 0 Å². The smallest absolute Gasteiger partial charge is 0.350 e. The molecule has 0 aliphatic carbocycles. The van der Waals surface area contributed by atoms with Crippen LogP contribution in [0, 0.1) is 0 Å². The topological polar surface area (TPSA) is 272 Å². The monoisotopic (exact) mass is 710 g/mol. The number of hydrogen-bond donors (Lipinski definition) is 9. The van der Waals surface area contributed by atoms with E-state index in [0.717, 1.165) is 6.08 Å². The van der Waals surface area contributed by atoms with E-state index in [0.29, 0.717) is 11.1 Å². The zero-order chi connectivity index (χ0) is 36.7. The first-order chi connectivity index (χ1) is 23.6. The third kappa shape index (κ3) is 9.53. The summed E-state index contributed by atoms with van der Waals surface area (Å²) in [5.74, 6) is -1.92. The Hall–Kier alpha value is -3.72. The molecule has 2 fully saturated rings. The van der Waals surface area contributed by atoms with Gasteiger partial charge in [-0.1, -0.05) is 24.3 Å². The number of hydrogen-bond acceptors (Lipinski definition) is 17. The van der Waals surface area contributed by atoms with Gasteiger partial charge in [-0.25, -0.2) is 9.59 Å². The minimum Gasteiger partial charge on any atom is -0.508 e. The number of benzene rings is 2. The first-order valence-corrected chi connectivity index (χ1v) is 15.5. The predicted octanol–water partition coefficient (Wildman–Crippen LogP) is -2.17. The molecule has 0 radical (unpaired) electrons. The van der Waals surface area contributed by atoms with Gasteiger partial charge in [-0.15, -0.1) is 0 Å². The molecule has 2 aromatic rings. The highest BCUT2D eigenvalue weighted by Gasteiger charge is 2.50. The van der Waals surface area contributed by atoms with Gasteiger partial charge in [0, 0.05) is 6.08 Å². The zero-order valence-electron chi connectivity index (χ0n) is 27.0. The van der Waals surface area contributed by atoms with Crippen molar-refractivity contribution in [2.24, 2.45) is 0 Å². The SMILES string of the molecule is CC(C)(O[C@@H]1O[C@H](CO)[C@@H](O)[C@H](O)[C@H]1O)C(OC(=O)/C=C\c1ccc(O)cc1)C(=O)OCc1ccc(O[C@@H]2O[C@H](CO)[C@@H](O)[C@H](O)[C@H]2O)cc1. The lowest BCUT2D eigenvalue weighted by atomic mass is 9.97. The number of aliphatic hydroxyl groups excluding tert-OH is 8. The Bertz CT molecular complexity index is 1430. The van der Waals surface area contributed by atoms with E-state index in [2.05, 4.69) is 0 Å². The van der Waals surface area contributed by atoms with Crippen LogP contribution in [0.15, 0.2) is 54.6 Å². The molecule has 2 aliphatic rings. The maximum absolute atomic E-state index is 13.5. The van der Waals surface area contributed by atoms with E-state index in [1.54, 1.807) is 0 Å². The number of carbonyl (C=O) groups is 2. The Kier molecular flexibility index (Phi) is 13.3. The number of aromatic hydroxyl groups is 1. The molecule has 4 rings (SSSR count). The fourth-order valence-electron chi connectivity index (χ4n) is 5.10. The molecular weight excluding hydrogens is 668 g/mol. The van der Waals surface area contributed by atoms with Crippen molar-refractivity contribution < 1.29 is 84.0 Å². The molecule has 17 heteroatoms. The Labute approximate surface area is 286 Å². The number of carbonyl (C=O) groups excluding carboxylic acids is 2. The van der Waals surface area contributed by atoms with E-state index >= 15 is 0 Å². The van der Waals surface area contributed by atoms with Crippen LogP contribution in [0.3, 0.4) is 0 Å². The summed E-state index contributed by atoms with van der Waals surface area (Å²) in [5, 5.41) is 89.4. The number of rotatable bonds is 13. The number of ether oxygens (including phenoxy) is 6. The Morgan fingerprint density at radius 3 is 1.88 bits per heavy atom. The van der Waals surface area contributed by atoms with Gasteiger partial charge in [0.1, 0.15) is 72.5 Å². The summed E-state index contributed by atoms with van der Waals surface area (Å²) in [6.07, 6.45) is -15.1. The molecule has 2 aliphatic heterocycles. The summed E-state index contributed by atoms with van der Waals surface area (Å²) in [7, 11) is 0. The lowest BCUT2D eigenvalue weighted by Crippen LogP contribution is -2.62. The normalized spacial score (nSPS) is 30.8. The fraction of sp³-hybridized carbons (Fsp3) is 0.515. The summed E-state index contributed by atoms with van der Waals surface area (Å²) in [6.45, 7) is 0.919. The average Bonchev–Trinajstić information content (AvgIpc) is 3.10. The van der Waals surface area contributed by atoms with Crippen molar-refractivity contribution in [1.82, 2.24) is 0 Å². The average molecular weight is 711 g/mol. The number of phenols is 1. The highest BCUT2D eigenvalue weighted by Crippen LogP contribution is 2.30. The van der Waals surface area contributed by atoms with Crippen molar-refractivity contribution in [1.29, 1.82) is 0 Å². The van der Waals surface area contributed by atoms with Gasteiger partial charge < -0.3 is 74.4 Å². The van der Waals surface area contributed by atoms with E-state index in [9.17, 15) is 55.5 Å². The minimum atomic E-state index is -1.82. The summed E-state index contributed by atoms with van der Waals surface area (Å²) < 4.78 is 33.0. The minimum absolute atomic E-state index is 0.00981. The van der Waals surface area contributed by atoms with Crippen molar-refractivity contribution in [2.75, 3.05) is 13.2 Å². The van der Waals surface area contributed by atoms with E-state index < -0.39 is 98.3 Å². The zero-order valence-corrected chi connectivity index (χ0v) is 27.0. The second-order valence-electron chi connectivity index (χ2n) is 12.2. The summed E-state index contributed by atoms with van der Waals surface area (Å²) in [6, 6.07) is 11.7. The maximum atomic E-state index is 13.5. The van der Waals surface area contributed by atoms with Crippen LogP contribution in [0.5, 0.6) is 11.5 Å². The van der Waals surface area contributed by atoms with Crippen LogP contribution in [0.4, 0.5) is 0 Å². The molecule has 0 bridgehead atoms. The standard InChI is InChI=1S/C33H42O17/c1-33(2,50-32-28(43)26(41)24(39)21(14-35)48-32)29(49-22(37)12-7-16-3-8-18(36)9-4-16)30(44)45-15-17-5-10-19(11-6-17)46-31-27(42)25(40)23(38)20(13-34)47-31/h3-12,20-21,23-29,31-32,34-36,38-43H,13-15H2,1-2H3/b12-7-/t20-,21-,23-,24-,25+,26+,27-,28-,29?,31-,32+/m1/s1. The molecule has 9 N–H and O–H groups in total. The van der Waals surface area contributed by atoms with Crippen LogP contribution in [0.1, 0.15) is 25.0 Å². The lowest BCUT2D eigenvalue weighted by molar-refractivity contribution is -0.330. The van der Waals surface area contributed by atoms with Crippen LogP contribution < -0.4 is 4.74 Å². The third-order valence-corrected chi connectivity index (χ3v) is 8.06. The van der Waals surface area contributed by atoms with E-state index in [-0.39, 0.29) is 18.1 Å². The summed E-state index contributed by atoms with van der Waals surface area (Å²) >= 11 is 0. The molecule has 0 spiro atoms. The van der Waals surface area contributed by atoms with Gasteiger partial charge >= 0.3 is 11.9 Å². The molecule has 11 atom stereocenters. The van der Waals surface area contributed by atoms with Crippen molar-refractivity contribution in [3.05, 3.63) is 65.7 Å². The van der Waals surface area contributed by atoms with Gasteiger partial charge in [-0.05, 0) is 55.3 Å². The maximum Gasteiger partial charge on any atom is 0.350 e. The van der Waals surface area contributed by atoms with Gasteiger partial charge in [-0.2, -0.15) is 0 Å². The highest BCUT2D eigenvalue weighted by atomic mass is 16.7. The number of aliphatic hydroxyl groups is 8. The van der Waals surface area contributed by atoms with Crippen LogP contribution in [-0.2, 0) is 39.9 Å². The highest BCUT2D eigenvalue weighted by molar-refractivity contribution is 5.89. The van der Waals surface area contributed by atoms with Crippen LogP contribution in [0.2, 0.25) is 0 Å². The summed E-state index contributed by atoms with van der Waals surface area (Å²) in [4.78, 5) is 26.3. The van der Waals surface area contributed by atoms with Gasteiger partial charge in [0.05, 0.1) is 13.2 Å². The first-order valence-electron chi connectivity index (χ1n) is 15.5. The van der Waals surface area contributed by atoms with Gasteiger partial charge in [0.15, 0.2) is 6.29 Å². The molecular formula is C33H42O17. The van der Waals surface area contributed by atoms with Crippen molar-refractivity contribution in [3.8, 4) is 11.5 Å². The second kappa shape index (κ2) is 17.0. The largest absolute Gasteiger partial charge is 0.508 e. The molecule has 17 nitrogen and oxygen atoms in total. The molecule has 2 heterocycles. The van der Waals surface area contributed by atoms with E-state index in [1.165, 1.54) is 68.5 Å². The fourth-order valence-corrected chi connectivity index (χ4v) is 5.10. The molecule has 1 unspecified atom stereocenters. The molecule has 276 valence electrons. The molecule has 2 saturated heterocycles. The second-order valence-corrected chi connectivity index (χ2v) is 12.2. The van der Waals surface area contributed by atoms with Crippen molar-refractivity contribution in [3.63, 3.8) is 0 Å². The molecule has 0 amide bonds. The number of esters is 2. The Morgan fingerprint density at radius 1 is 0.780 bits per heavy atom. The molecule has 50 heavy (non-hydrogen) atoms. The van der Waals surface area contributed by atoms with Crippen LogP contribution in [0.25, 0.3) is 6.08 Å².